The van der Waals surface area contributed by atoms with Gasteiger partial charge in [-0.05, 0) is 19.8 Å². The molecule has 0 aliphatic carbocycles. The zero-order valence-electron chi connectivity index (χ0n) is 12.1. The lowest BCUT2D eigenvalue weighted by Gasteiger charge is -2.32. The van der Waals surface area contributed by atoms with Gasteiger partial charge in [-0.3, -0.25) is 4.79 Å². The van der Waals surface area contributed by atoms with Crippen molar-refractivity contribution in [2.75, 3.05) is 33.8 Å². The van der Waals surface area contributed by atoms with Gasteiger partial charge in [0.15, 0.2) is 0 Å². The molecule has 0 N–H and O–H groups in total. The third-order valence-electron chi connectivity index (χ3n) is 3.25. The zero-order valence-corrected chi connectivity index (χ0v) is 12.1. The number of nitrogens with zero attached hydrogens (tertiary/aromatic N) is 2. The Balaban J connectivity index is 2.31. The predicted molar refractivity (Wildman–Crippen MR) is 73.8 cm³/mol. The van der Waals surface area contributed by atoms with Gasteiger partial charge in [-0.25, -0.2) is 4.79 Å². The predicted octanol–water partition coefficient (Wildman–Crippen LogP) is 1.89. The van der Waals surface area contributed by atoms with Crippen molar-refractivity contribution in [3.05, 3.63) is 12.2 Å². The van der Waals surface area contributed by atoms with Crippen LogP contribution in [0.1, 0.15) is 26.2 Å². The SMILES string of the molecule is C=C(C)CCOC(=O)C1CCN(C(=O)N(C)C)CC1. The van der Waals surface area contributed by atoms with Gasteiger partial charge in [-0.1, -0.05) is 5.57 Å². The first-order valence-corrected chi connectivity index (χ1v) is 6.69. The molecule has 1 aliphatic rings. The first-order valence-electron chi connectivity index (χ1n) is 6.69. The van der Waals surface area contributed by atoms with E-state index in [1.54, 1.807) is 23.9 Å². The Morgan fingerprint density at radius 3 is 2.37 bits per heavy atom. The minimum absolute atomic E-state index is 0.00843. The third kappa shape index (κ3) is 4.93. The van der Waals surface area contributed by atoms with Crippen LogP contribution in [0.15, 0.2) is 12.2 Å². The molecular weight excluding hydrogens is 244 g/mol. The van der Waals surface area contributed by atoms with Gasteiger partial charge in [0.25, 0.3) is 0 Å². The van der Waals surface area contributed by atoms with Crippen LogP contribution >= 0.6 is 0 Å². The number of carbonyl (C=O) groups is 2. The number of hydrogen-bond donors (Lipinski definition) is 0. The number of piperidine rings is 1. The van der Waals surface area contributed by atoms with Crippen molar-refractivity contribution in [2.45, 2.75) is 26.2 Å². The summed E-state index contributed by atoms with van der Waals surface area (Å²) in [5.74, 6) is -0.213. The highest BCUT2D eigenvalue weighted by Crippen LogP contribution is 2.19. The summed E-state index contributed by atoms with van der Waals surface area (Å²) in [6.07, 6.45) is 2.08. The maximum Gasteiger partial charge on any atom is 0.319 e. The van der Waals surface area contributed by atoms with Gasteiger partial charge in [0.05, 0.1) is 12.5 Å². The third-order valence-corrected chi connectivity index (χ3v) is 3.25. The molecule has 1 heterocycles. The fourth-order valence-corrected chi connectivity index (χ4v) is 2.03. The van der Waals surface area contributed by atoms with Gasteiger partial charge >= 0.3 is 12.0 Å². The van der Waals surface area contributed by atoms with Crippen LogP contribution in [0, 0.1) is 5.92 Å². The van der Waals surface area contributed by atoms with Crippen LogP contribution in [0.3, 0.4) is 0 Å². The number of esters is 1. The van der Waals surface area contributed by atoms with Gasteiger partial charge in [-0.15, -0.1) is 6.58 Å². The second kappa shape index (κ2) is 7.16. The van der Waals surface area contributed by atoms with Crippen molar-refractivity contribution in [1.82, 2.24) is 9.80 Å². The summed E-state index contributed by atoms with van der Waals surface area (Å²) in [6.45, 7) is 7.34. The normalized spacial score (nSPS) is 16.1. The van der Waals surface area contributed by atoms with Crippen LogP contribution in [0.2, 0.25) is 0 Å². The molecule has 0 aromatic carbocycles. The van der Waals surface area contributed by atoms with Crippen molar-refractivity contribution < 1.29 is 14.3 Å². The Morgan fingerprint density at radius 2 is 1.89 bits per heavy atom. The standard InChI is InChI=1S/C14H24N2O3/c1-11(2)7-10-19-13(17)12-5-8-16(9-6-12)14(18)15(3)4/h12H,1,5-10H2,2-4H3. The van der Waals surface area contributed by atoms with Crippen molar-refractivity contribution in [2.24, 2.45) is 5.92 Å². The number of likely N-dealkylation sites (tertiary alicyclic amines) is 1. The van der Waals surface area contributed by atoms with E-state index < -0.39 is 0 Å². The van der Waals surface area contributed by atoms with Crippen LogP contribution in [-0.2, 0) is 9.53 Å². The smallest absolute Gasteiger partial charge is 0.319 e. The average Bonchev–Trinajstić information content (AvgIpc) is 2.37. The maximum absolute atomic E-state index is 11.8. The Hall–Kier alpha value is -1.52. The van der Waals surface area contributed by atoms with E-state index in [1.807, 2.05) is 6.92 Å². The summed E-state index contributed by atoms with van der Waals surface area (Å²) in [5, 5.41) is 0. The summed E-state index contributed by atoms with van der Waals surface area (Å²) in [7, 11) is 3.47. The molecule has 0 spiro atoms. The Kier molecular flexibility index (Phi) is 5.86. The number of carbonyl (C=O) groups excluding carboxylic acids is 2. The quantitative estimate of drug-likeness (QED) is 0.578. The lowest BCUT2D eigenvalue weighted by atomic mass is 9.97. The molecule has 1 saturated heterocycles. The Labute approximate surface area is 115 Å². The molecule has 0 aromatic heterocycles. The summed E-state index contributed by atoms with van der Waals surface area (Å²) >= 11 is 0. The second-order valence-electron chi connectivity index (χ2n) is 5.31. The number of hydrogen-bond acceptors (Lipinski definition) is 3. The van der Waals surface area contributed by atoms with Crippen LogP contribution in [-0.4, -0.2) is 55.6 Å². The average molecular weight is 268 g/mol. The van der Waals surface area contributed by atoms with E-state index in [0.29, 0.717) is 39.0 Å². The second-order valence-corrected chi connectivity index (χ2v) is 5.31. The molecule has 108 valence electrons. The van der Waals surface area contributed by atoms with Crippen LogP contribution in [0.5, 0.6) is 0 Å². The van der Waals surface area contributed by atoms with E-state index in [4.69, 9.17) is 4.74 Å². The van der Waals surface area contributed by atoms with Gasteiger partial charge in [0, 0.05) is 33.6 Å². The molecule has 0 unspecified atom stereocenters. The van der Waals surface area contributed by atoms with Crippen LogP contribution < -0.4 is 0 Å². The van der Waals surface area contributed by atoms with E-state index in [2.05, 4.69) is 6.58 Å². The highest BCUT2D eigenvalue weighted by atomic mass is 16.5. The summed E-state index contributed by atoms with van der Waals surface area (Å²) in [5.41, 5.74) is 1.01. The molecular formula is C14H24N2O3. The Morgan fingerprint density at radius 1 is 1.32 bits per heavy atom. The fraction of sp³-hybridized carbons (Fsp3) is 0.714. The van der Waals surface area contributed by atoms with Gasteiger partial charge in [-0.2, -0.15) is 0 Å². The minimum atomic E-state index is -0.141. The van der Waals surface area contributed by atoms with E-state index >= 15 is 0 Å². The molecule has 2 amide bonds. The van der Waals surface area contributed by atoms with E-state index in [0.717, 1.165) is 5.57 Å². The van der Waals surface area contributed by atoms with Crippen molar-refractivity contribution in [3.8, 4) is 0 Å². The topological polar surface area (TPSA) is 49.9 Å². The van der Waals surface area contributed by atoms with Gasteiger partial charge in [0.1, 0.15) is 0 Å². The van der Waals surface area contributed by atoms with Crippen LogP contribution in [0.4, 0.5) is 4.79 Å². The number of rotatable bonds is 4. The summed E-state index contributed by atoms with van der Waals surface area (Å²) < 4.78 is 5.22. The number of ether oxygens (including phenoxy) is 1. The van der Waals surface area contributed by atoms with Crippen molar-refractivity contribution in [1.29, 1.82) is 0 Å². The molecule has 5 nitrogen and oxygen atoms in total. The monoisotopic (exact) mass is 268 g/mol. The fourth-order valence-electron chi connectivity index (χ4n) is 2.03. The molecule has 0 bridgehead atoms. The van der Waals surface area contributed by atoms with E-state index in [1.165, 1.54) is 0 Å². The van der Waals surface area contributed by atoms with Crippen molar-refractivity contribution >= 4 is 12.0 Å². The highest BCUT2D eigenvalue weighted by Gasteiger charge is 2.28. The minimum Gasteiger partial charge on any atom is -0.465 e. The summed E-state index contributed by atoms with van der Waals surface area (Å²) in [4.78, 5) is 26.9. The summed E-state index contributed by atoms with van der Waals surface area (Å²) in [6, 6.07) is 0.00843. The first kappa shape index (κ1) is 15.5. The van der Waals surface area contributed by atoms with Gasteiger partial charge in [0.2, 0.25) is 0 Å². The van der Waals surface area contributed by atoms with Crippen molar-refractivity contribution in [3.63, 3.8) is 0 Å². The number of urea groups is 1. The molecule has 1 rings (SSSR count). The lowest BCUT2D eigenvalue weighted by molar-refractivity contribution is -0.149. The zero-order chi connectivity index (χ0) is 14.4. The number of amides is 2. The largest absolute Gasteiger partial charge is 0.465 e. The first-order chi connectivity index (χ1) is 8.91. The molecule has 19 heavy (non-hydrogen) atoms. The highest BCUT2D eigenvalue weighted by molar-refractivity contribution is 5.75. The van der Waals surface area contributed by atoms with Crippen LogP contribution in [0.25, 0.3) is 0 Å². The van der Waals surface area contributed by atoms with E-state index in [9.17, 15) is 9.59 Å². The molecule has 0 saturated carbocycles. The molecule has 1 aliphatic heterocycles. The van der Waals surface area contributed by atoms with E-state index in [-0.39, 0.29) is 17.9 Å². The molecule has 0 aromatic rings. The lowest BCUT2D eigenvalue weighted by Crippen LogP contribution is -2.45. The molecule has 0 atom stereocenters. The maximum atomic E-state index is 11.8. The van der Waals surface area contributed by atoms with Gasteiger partial charge < -0.3 is 14.5 Å². The molecule has 1 fully saturated rings. The Bertz CT molecular complexity index is 345. The molecule has 5 heteroatoms. The molecule has 0 radical (unpaired) electrons.